The largest absolute Gasteiger partial charge is 0.444 e. The molecule has 1 atom stereocenters. The summed E-state index contributed by atoms with van der Waals surface area (Å²) in [5, 5.41) is 5.83. The van der Waals surface area contributed by atoms with Crippen molar-refractivity contribution in [3.8, 4) is 0 Å². The van der Waals surface area contributed by atoms with Gasteiger partial charge in [-0.05, 0) is 70.9 Å². The van der Waals surface area contributed by atoms with Gasteiger partial charge in [0.15, 0.2) is 0 Å². The molecule has 1 fully saturated rings. The minimum atomic E-state index is -0.432. The molecule has 5 heteroatoms. The van der Waals surface area contributed by atoms with E-state index in [4.69, 9.17) is 4.74 Å². The molecule has 0 aliphatic heterocycles. The summed E-state index contributed by atoms with van der Waals surface area (Å²) in [5.41, 5.74) is -0.432. The number of carbonyl (C=O) groups is 1. The third-order valence-electron chi connectivity index (χ3n) is 3.95. The van der Waals surface area contributed by atoms with E-state index in [0.717, 1.165) is 25.4 Å². The van der Waals surface area contributed by atoms with Crippen LogP contribution in [-0.2, 0) is 4.74 Å². The van der Waals surface area contributed by atoms with E-state index in [2.05, 4.69) is 22.8 Å². The van der Waals surface area contributed by atoms with E-state index in [9.17, 15) is 4.79 Å². The average molecular weight is 339 g/mol. The van der Waals surface area contributed by atoms with Crippen LogP contribution >= 0.6 is 11.3 Å². The zero-order valence-electron chi connectivity index (χ0n) is 14.8. The fraction of sp³-hybridized carbons (Fsp3) is 0.722. The van der Waals surface area contributed by atoms with E-state index in [-0.39, 0.29) is 6.09 Å². The van der Waals surface area contributed by atoms with Gasteiger partial charge in [0.25, 0.3) is 0 Å². The summed E-state index contributed by atoms with van der Waals surface area (Å²) in [6.45, 7) is 10.1. The predicted octanol–water partition coefficient (Wildman–Crippen LogP) is 4.44. The summed E-state index contributed by atoms with van der Waals surface area (Å²) in [4.78, 5) is 15.3. The predicted molar refractivity (Wildman–Crippen MR) is 95.9 cm³/mol. The first-order chi connectivity index (χ1) is 10.9. The summed E-state index contributed by atoms with van der Waals surface area (Å²) in [6.07, 6.45) is 3.39. The first kappa shape index (κ1) is 18.3. The van der Waals surface area contributed by atoms with Crippen molar-refractivity contribution in [1.82, 2.24) is 10.2 Å². The maximum atomic E-state index is 12.1. The van der Waals surface area contributed by atoms with Crippen molar-refractivity contribution in [2.45, 2.75) is 58.6 Å². The summed E-state index contributed by atoms with van der Waals surface area (Å²) in [6, 6.07) is 4.84. The SMILES string of the molecule is CCN(CCCNC(c1cccs1)C1CC1)C(=O)OC(C)(C)C. The van der Waals surface area contributed by atoms with Crippen LogP contribution in [0.15, 0.2) is 17.5 Å². The molecule has 0 aromatic carbocycles. The molecular weight excluding hydrogens is 308 g/mol. The Bertz CT molecular complexity index is 478. The van der Waals surface area contributed by atoms with Crippen LogP contribution in [0.3, 0.4) is 0 Å². The molecule has 1 aromatic heterocycles. The van der Waals surface area contributed by atoms with Gasteiger partial charge in [0, 0.05) is 24.0 Å². The van der Waals surface area contributed by atoms with Crippen LogP contribution in [0, 0.1) is 5.92 Å². The lowest BCUT2D eigenvalue weighted by molar-refractivity contribution is 0.0258. The highest BCUT2D eigenvalue weighted by atomic mass is 32.1. The number of nitrogens with one attached hydrogen (secondary N) is 1. The standard InChI is InChI=1S/C18H30N2O2S/c1-5-20(17(21)22-18(2,3)4)12-7-11-19-16(14-9-10-14)15-8-6-13-23-15/h6,8,13-14,16,19H,5,7,9-12H2,1-4H3. The Morgan fingerprint density at radius 3 is 2.74 bits per heavy atom. The van der Waals surface area contributed by atoms with Crippen molar-refractivity contribution >= 4 is 17.4 Å². The van der Waals surface area contributed by atoms with Gasteiger partial charge in [0.1, 0.15) is 5.60 Å². The molecule has 4 nitrogen and oxygen atoms in total. The monoisotopic (exact) mass is 338 g/mol. The van der Waals surface area contributed by atoms with Crippen LogP contribution in [-0.4, -0.2) is 36.2 Å². The van der Waals surface area contributed by atoms with Gasteiger partial charge >= 0.3 is 6.09 Å². The molecule has 1 aromatic rings. The van der Waals surface area contributed by atoms with Crippen molar-refractivity contribution in [1.29, 1.82) is 0 Å². The molecule has 1 aliphatic rings. The number of rotatable bonds is 8. The van der Waals surface area contributed by atoms with Crippen LogP contribution in [0.5, 0.6) is 0 Å². The fourth-order valence-electron chi connectivity index (χ4n) is 2.63. The van der Waals surface area contributed by atoms with Gasteiger partial charge in [-0.2, -0.15) is 0 Å². The molecule has 0 bridgehead atoms. The Morgan fingerprint density at radius 2 is 2.22 bits per heavy atom. The van der Waals surface area contributed by atoms with Crippen molar-refractivity contribution < 1.29 is 9.53 Å². The minimum Gasteiger partial charge on any atom is -0.444 e. The van der Waals surface area contributed by atoms with Gasteiger partial charge in [-0.15, -0.1) is 11.3 Å². The smallest absolute Gasteiger partial charge is 0.410 e. The third-order valence-corrected chi connectivity index (χ3v) is 4.90. The van der Waals surface area contributed by atoms with Gasteiger partial charge in [0.05, 0.1) is 0 Å². The van der Waals surface area contributed by atoms with Gasteiger partial charge in [-0.3, -0.25) is 0 Å². The molecule has 1 unspecified atom stereocenters. The molecule has 1 N–H and O–H groups in total. The van der Waals surface area contributed by atoms with Crippen molar-refractivity contribution in [2.75, 3.05) is 19.6 Å². The van der Waals surface area contributed by atoms with Crippen LogP contribution in [0.25, 0.3) is 0 Å². The number of nitrogens with zero attached hydrogens (tertiary/aromatic N) is 1. The molecule has 1 heterocycles. The Labute approximate surface area is 144 Å². The number of thiophene rings is 1. The number of hydrogen-bond acceptors (Lipinski definition) is 4. The van der Waals surface area contributed by atoms with E-state index in [1.807, 2.05) is 39.0 Å². The van der Waals surface area contributed by atoms with E-state index >= 15 is 0 Å². The van der Waals surface area contributed by atoms with Crippen molar-refractivity contribution in [2.24, 2.45) is 5.92 Å². The molecule has 0 radical (unpaired) electrons. The molecule has 23 heavy (non-hydrogen) atoms. The average Bonchev–Trinajstić information content (AvgIpc) is 3.15. The second-order valence-electron chi connectivity index (χ2n) is 7.20. The van der Waals surface area contributed by atoms with Gasteiger partial charge in [-0.1, -0.05) is 6.07 Å². The summed E-state index contributed by atoms with van der Waals surface area (Å²) in [7, 11) is 0. The maximum Gasteiger partial charge on any atom is 0.410 e. The number of ether oxygens (including phenoxy) is 1. The van der Waals surface area contributed by atoms with Crippen LogP contribution in [0.2, 0.25) is 0 Å². The lowest BCUT2D eigenvalue weighted by Crippen LogP contribution is -2.38. The van der Waals surface area contributed by atoms with Crippen molar-refractivity contribution in [3.63, 3.8) is 0 Å². The van der Waals surface area contributed by atoms with E-state index in [0.29, 0.717) is 12.6 Å². The molecule has 2 rings (SSSR count). The van der Waals surface area contributed by atoms with Crippen LogP contribution < -0.4 is 5.32 Å². The van der Waals surface area contributed by atoms with Crippen molar-refractivity contribution in [3.05, 3.63) is 22.4 Å². The topological polar surface area (TPSA) is 41.6 Å². The first-order valence-electron chi connectivity index (χ1n) is 8.65. The molecule has 1 amide bonds. The Kier molecular flexibility index (Phi) is 6.48. The van der Waals surface area contributed by atoms with E-state index < -0.39 is 5.60 Å². The Morgan fingerprint density at radius 1 is 1.48 bits per heavy atom. The van der Waals surface area contributed by atoms with Crippen LogP contribution in [0.4, 0.5) is 4.79 Å². The molecule has 1 aliphatic carbocycles. The zero-order chi connectivity index (χ0) is 16.9. The Balaban J connectivity index is 1.73. The lowest BCUT2D eigenvalue weighted by atomic mass is 10.1. The van der Waals surface area contributed by atoms with E-state index in [1.54, 1.807) is 4.90 Å². The highest BCUT2D eigenvalue weighted by Gasteiger charge is 2.32. The van der Waals surface area contributed by atoms with Gasteiger partial charge in [0.2, 0.25) is 0 Å². The van der Waals surface area contributed by atoms with Gasteiger partial charge in [-0.25, -0.2) is 4.79 Å². The third kappa shape index (κ3) is 6.15. The highest BCUT2D eigenvalue weighted by molar-refractivity contribution is 7.10. The molecular formula is C18H30N2O2S. The first-order valence-corrected chi connectivity index (χ1v) is 9.53. The Hall–Kier alpha value is -1.07. The molecule has 0 saturated heterocycles. The zero-order valence-corrected chi connectivity index (χ0v) is 15.6. The maximum absolute atomic E-state index is 12.1. The normalized spacial score (nSPS) is 16.2. The summed E-state index contributed by atoms with van der Waals surface area (Å²) >= 11 is 1.83. The lowest BCUT2D eigenvalue weighted by Gasteiger charge is -2.27. The highest BCUT2D eigenvalue weighted by Crippen LogP contribution is 2.42. The van der Waals surface area contributed by atoms with Crippen LogP contribution in [0.1, 0.15) is 57.9 Å². The number of carbonyl (C=O) groups excluding carboxylic acids is 1. The summed E-state index contributed by atoms with van der Waals surface area (Å²) in [5.74, 6) is 0.793. The van der Waals surface area contributed by atoms with E-state index in [1.165, 1.54) is 17.7 Å². The number of amides is 1. The second kappa shape index (κ2) is 8.15. The second-order valence-corrected chi connectivity index (χ2v) is 8.18. The molecule has 0 spiro atoms. The fourth-order valence-corrected chi connectivity index (χ4v) is 3.52. The quantitative estimate of drug-likeness (QED) is 0.713. The minimum absolute atomic E-state index is 0.211. The molecule has 1 saturated carbocycles. The summed E-state index contributed by atoms with van der Waals surface area (Å²) < 4.78 is 5.44. The number of hydrogen-bond donors (Lipinski definition) is 1. The molecule has 130 valence electrons. The van der Waals surface area contributed by atoms with Gasteiger partial charge < -0.3 is 15.0 Å².